The molecule has 0 spiro atoms. The molecule has 1 N–H and O–H groups in total. The molecule has 0 aliphatic heterocycles. The monoisotopic (exact) mass is 208 g/mol. The van der Waals surface area contributed by atoms with Crippen LogP contribution in [-0.4, -0.2) is 25.2 Å². The van der Waals surface area contributed by atoms with Crippen molar-refractivity contribution in [1.82, 2.24) is 10.3 Å². The van der Waals surface area contributed by atoms with Gasteiger partial charge in [0.25, 0.3) is 0 Å². The lowest BCUT2D eigenvalue weighted by Crippen LogP contribution is -2.07. The van der Waals surface area contributed by atoms with Crippen LogP contribution >= 0.6 is 0 Å². The molecule has 0 radical (unpaired) electrons. The predicted octanol–water partition coefficient (Wildman–Crippen LogP) is 2.24. The van der Waals surface area contributed by atoms with Gasteiger partial charge in [-0.3, -0.25) is 4.98 Å². The molecule has 0 aliphatic carbocycles. The minimum Gasteiger partial charge on any atom is -0.492 e. The summed E-state index contributed by atoms with van der Waals surface area (Å²) in [4.78, 5) is 3.99. The summed E-state index contributed by atoms with van der Waals surface area (Å²) in [6.45, 7) is 1.91. The standard InChI is InChI=1S/C12H20N2O/c1-13-8-4-2-3-5-10-15-12-7-6-9-14-11-12/h6-7,9,11,13H,2-5,8,10H2,1H3. The van der Waals surface area contributed by atoms with Gasteiger partial charge in [-0.05, 0) is 38.6 Å². The van der Waals surface area contributed by atoms with E-state index in [-0.39, 0.29) is 0 Å². The molecule has 3 nitrogen and oxygen atoms in total. The minimum absolute atomic E-state index is 0.797. The summed E-state index contributed by atoms with van der Waals surface area (Å²) in [6, 6.07) is 3.83. The zero-order valence-electron chi connectivity index (χ0n) is 9.41. The minimum atomic E-state index is 0.797. The Morgan fingerprint density at radius 2 is 2.13 bits per heavy atom. The van der Waals surface area contributed by atoms with Gasteiger partial charge >= 0.3 is 0 Å². The van der Waals surface area contributed by atoms with Crippen LogP contribution in [0.5, 0.6) is 5.75 Å². The van der Waals surface area contributed by atoms with Crippen LogP contribution in [0.2, 0.25) is 0 Å². The van der Waals surface area contributed by atoms with E-state index in [9.17, 15) is 0 Å². The molecule has 0 saturated heterocycles. The van der Waals surface area contributed by atoms with E-state index in [4.69, 9.17) is 4.74 Å². The van der Waals surface area contributed by atoms with E-state index in [1.807, 2.05) is 19.2 Å². The average Bonchev–Trinajstić information content (AvgIpc) is 2.29. The van der Waals surface area contributed by atoms with E-state index >= 15 is 0 Å². The van der Waals surface area contributed by atoms with Gasteiger partial charge in [-0.15, -0.1) is 0 Å². The van der Waals surface area contributed by atoms with E-state index in [1.165, 1.54) is 19.3 Å². The van der Waals surface area contributed by atoms with Crippen LogP contribution < -0.4 is 10.1 Å². The second-order valence-corrected chi connectivity index (χ2v) is 3.55. The first-order valence-corrected chi connectivity index (χ1v) is 5.61. The molecule has 15 heavy (non-hydrogen) atoms. The Balaban J connectivity index is 1.93. The van der Waals surface area contributed by atoms with Crippen LogP contribution in [0.3, 0.4) is 0 Å². The maximum atomic E-state index is 5.53. The summed E-state index contributed by atoms with van der Waals surface area (Å²) in [5, 5.41) is 3.14. The van der Waals surface area contributed by atoms with Crippen molar-refractivity contribution in [2.24, 2.45) is 0 Å². The molecule has 1 rings (SSSR count). The second-order valence-electron chi connectivity index (χ2n) is 3.55. The lowest BCUT2D eigenvalue weighted by molar-refractivity contribution is 0.303. The van der Waals surface area contributed by atoms with Gasteiger partial charge in [0.15, 0.2) is 0 Å². The highest BCUT2D eigenvalue weighted by atomic mass is 16.5. The number of aromatic nitrogens is 1. The van der Waals surface area contributed by atoms with Crippen molar-refractivity contribution in [3.63, 3.8) is 0 Å². The third kappa shape index (κ3) is 6.07. The van der Waals surface area contributed by atoms with Gasteiger partial charge in [0, 0.05) is 6.20 Å². The van der Waals surface area contributed by atoms with Crippen molar-refractivity contribution < 1.29 is 4.74 Å². The Morgan fingerprint density at radius 3 is 2.87 bits per heavy atom. The van der Waals surface area contributed by atoms with E-state index < -0.39 is 0 Å². The van der Waals surface area contributed by atoms with E-state index in [0.717, 1.165) is 25.3 Å². The van der Waals surface area contributed by atoms with E-state index in [1.54, 1.807) is 12.4 Å². The van der Waals surface area contributed by atoms with Crippen molar-refractivity contribution in [1.29, 1.82) is 0 Å². The molecule has 0 bridgehead atoms. The molecule has 0 amide bonds. The van der Waals surface area contributed by atoms with Crippen LogP contribution in [0.4, 0.5) is 0 Å². The first kappa shape index (κ1) is 12.0. The number of hydrogen-bond acceptors (Lipinski definition) is 3. The fraction of sp³-hybridized carbons (Fsp3) is 0.583. The molecule has 3 heteroatoms. The van der Waals surface area contributed by atoms with E-state index in [2.05, 4.69) is 10.3 Å². The fourth-order valence-corrected chi connectivity index (χ4v) is 1.38. The lowest BCUT2D eigenvalue weighted by atomic mass is 10.2. The maximum Gasteiger partial charge on any atom is 0.137 e. The molecule has 0 atom stereocenters. The van der Waals surface area contributed by atoms with Crippen LogP contribution in [0.1, 0.15) is 25.7 Å². The Kier molecular flexibility index (Phi) is 6.58. The van der Waals surface area contributed by atoms with Crippen molar-refractivity contribution >= 4 is 0 Å². The molecule has 1 aromatic rings. The van der Waals surface area contributed by atoms with Gasteiger partial charge < -0.3 is 10.1 Å². The zero-order valence-corrected chi connectivity index (χ0v) is 9.41. The molecular formula is C12H20N2O. The zero-order chi connectivity index (χ0) is 10.8. The lowest BCUT2D eigenvalue weighted by Gasteiger charge is -2.05. The highest BCUT2D eigenvalue weighted by Crippen LogP contribution is 2.07. The summed E-state index contributed by atoms with van der Waals surface area (Å²) in [7, 11) is 1.99. The van der Waals surface area contributed by atoms with Gasteiger partial charge in [0.1, 0.15) is 5.75 Å². The third-order valence-electron chi connectivity index (χ3n) is 2.22. The van der Waals surface area contributed by atoms with Gasteiger partial charge in [-0.25, -0.2) is 0 Å². The molecule has 0 saturated carbocycles. The average molecular weight is 208 g/mol. The fourth-order valence-electron chi connectivity index (χ4n) is 1.38. The van der Waals surface area contributed by atoms with Gasteiger partial charge in [0.2, 0.25) is 0 Å². The number of unbranched alkanes of at least 4 members (excludes halogenated alkanes) is 3. The second kappa shape index (κ2) is 8.24. The van der Waals surface area contributed by atoms with Crippen LogP contribution in [0.15, 0.2) is 24.5 Å². The van der Waals surface area contributed by atoms with Crippen LogP contribution in [0, 0.1) is 0 Å². The van der Waals surface area contributed by atoms with Gasteiger partial charge in [0.05, 0.1) is 12.8 Å². The molecule has 0 unspecified atom stereocenters. The number of nitrogens with one attached hydrogen (secondary N) is 1. The number of ether oxygens (including phenoxy) is 1. The number of rotatable bonds is 8. The van der Waals surface area contributed by atoms with Gasteiger partial charge in [-0.1, -0.05) is 12.8 Å². The first-order valence-electron chi connectivity index (χ1n) is 5.61. The third-order valence-corrected chi connectivity index (χ3v) is 2.22. The largest absolute Gasteiger partial charge is 0.492 e. The molecule has 1 aromatic heterocycles. The Hall–Kier alpha value is -1.09. The Labute approximate surface area is 91.9 Å². The predicted molar refractivity (Wildman–Crippen MR) is 62.1 cm³/mol. The van der Waals surface area contributed by atoms with Crippen molar-refractivity contribution in [3.05, 3.63) is 24.5 Å². The van der Waals surface area contributed by atoms with E-state index in [0.29, 0.717) is 0 Å². The highest BCUT2D eigenvalue weighted by Gasteiger charge is 1.92. The Morgan fingerprint density at radius 1 is 1.27 bits per heavy atom. The molecule has 84 valence electrons. The summed E-state index contributed by atoms with van der Waals surface area (Å²) < 4.78 is 5.53. The normalized spacial score (nSPS) is 10.2. The number of pyridine rings is 1. The van der Waals surface area contributed by atoms with Gasteiger partial charge in [-0.2, -0.15) is 0 Å². The number of hydrogen-bond donors (Lipinski definition) is 1. The summed E-state index contributed by atoms with van der Waals surface area (Å²) >= 11 is 0. The topological polar surface area (TPSA) is 34.1 Å². The highest BCUT2D eigenvalue weighted by molar-refractivity contribution is 5.15. The molecule has 0 fully saturated rings. The number of nitrogens with zero attached hydrogens (tertiary/aromatic N) is 1. The van der Waals surface area contributed by atoms with Crippen molar-refractivity contribution in [3.8, 4) is 5.75 Å². The Bertz CT molecular complexity index is 239. The molecule has 0 aromatic carbocycles. The van der Waals surface area contributed by atoms with Crippen LogP contribution in [0.25, 0.3) is 0 Å². The SMILES string of the molecule is CNCCCCCCOc1cccnc1. The quantitative estimate of drug-likeness (QED) is 0.665. The molecule has 1 heterocycles. The summed E-state index contributed by atoms with van der Waals surface area (Å²) in [6.07, 6.45) is 8.40. The first-order chi connectivity index (χ1) is 7.43. The summed E-state index contributed by atoms with van der Waals surface area (Å²) in [5.41, 5.74) is 0. The molecular weight excluding hydrogens is 188 g/mol. The summed E-state index contributed by atoms with van der Waals surface area (Å²) in [5.74, 6) is 0.868. The maximum absolute atomic E-state index is 5.53. The van der Waals surface area contributed by atoms with Crippen molar-refractivity contribution in [2.75, 3.05) is 20.2 Å². The van der Waals surface area contributed by atoms with Crippen LogP contribution in [-0.2, 0) is 0 Å². The van der Waals surface area contributed by atoms with Crippen molar-refractivity contribution in [2.45, 2.75) is 25.7 Å². The smallest absolute Gasteiger partial charge is 0.137 e. The molecule has 0 aliphatic rings.